The number of methoxy groups -OCH3 is 1. The van der Waals surface area contributed by atoms with Crippen molar-refractivity contribution in [1.82, 2.24) is 0 Å². The number of rotatable bonds is 4. The van der Waals surface area contributed by atoms with Crippen LogP contribution in [0, 0.1) is 0 Å². The van der Waals surface area contributed by atoms with E-state index in [0.717, 1.165) is 6.07 Å². The lowest BCUT2D eigenvalue weighted by atomic mass is 10.3. The van der Waals surface area contributed by atoms with Gasteiger partial charge in [0.15, 0.2) is 0 Å². The van der Waals surface area contributed by atoms with Crippen molar-refractivity contribution >= 4 is 0 Å². The highest BCUT2D eigenvalue weighted by molar-refractivity contribution is 5.38. The van der Waals surface area contributed by atoms with Crippen LogP contribution in [-0.4, -0.2) is 13.5 Å². The number of hydrogen-bond donors (Lipinski definition) is 0. The van der Waals surface area contributed by atoms with E-state index in [9.17, 15) is 13.2 Å². The van der Waals surface area contributed by atoms with Crippen LogP contribution in [0.4, 0.5) is 13.2 Å². The van der Waals surface area contributed by atoms with E-state index < -0.39 is 6.36 Å². The lowest BCUT2D eigenvalue weighted by molar-refractivity contribution is -0.274. The molecule has 0 aliphatic heterocycles. The van der Waals surface area contributed by atoms with Crippen LogP contribution >= 0.6 is 0 Å². The van der Waals surface area contributed by atoms with Crippen molar-refractivity contribution in [2.24, 2.45) is 0 Å². The monoisotopic (exact) mass is 284 g/mol. The Hall–Kier alpha value is -2.37. The Bertz CT molecular complexity index is 565. The van der Waals surface area contributed by atoms with Crippen LogP contribution in [0.3, 0.4) is 0 Å². The van der Waals surface area contributed by atoms with Crippen molar-refractivity contribution in [3.8, 4) is 23.0 Å². The van der Waals surface area contributed by atoms with Crippen molar-refractivity contribution in [2.75, 3.05) is 7.11 Å². The number of benzene rings is 2. The highest BCUT2D eigenvalue weighted by Gasteiger charge is 2.31. The molecule has 0 atom stereocenters. The maximum Gasteiger partial charge on any atom is 0.573 e. The van der Waals surface area contributed by atoms with Crippen LogP contribution in [0.15, 0.2) is 48.5 Å². The summed E-state index contributed by atoms with van der Waals surface area (Å²) in [4.78, 5) is 0. The van der Waals surface area contributed by atoms with Gasteiger partial charge in [0, 0.05) is 6.07 Å². The molecule has 0 aliphatic carbocycles. The van der Waals surface area contributed by atoms with Crippen LogP contribution < -0.4 is 14.2 Å². The SMILES string of the molecule is COc1ccc(Oc2cccc(OC(F)(F)F)c2)cc1. The van der Waals surface area contributed by atoms with E-state index in [1.165, 1.54) is 25.3 Å². The van der Waals surface area contributed by atoms with Gasteiger partial charge in [0.25, 0.3) is 0 Å². The lowest BCUT2D eigenvalue weighted by Gasteiger charge is -2.11. The zero-order chi connectivity index (χ0) is 14.6. The minimum Gasteiger partial charge on any atom is -0.497 e. The molecule has 2 rings (SSSR count). The van der Waals surface area contributed by atoms with Gasteiger partial charge < -0.3 is 14.2 Å². The van der Waals surface area contributed by atoms with E-state index in [0.29, 0.717) is 11.5 Å². The third-order valence-corrected chi connectivity index (χ3v) is 2.33. The Morgan fingerprint density at radius 2 is 1.40 bits per heavy atom. The van der Waals surface area contributed by atoms with Crippen molar-refractivity contribution in [3.63, 3.8) is 0 Å². The fraction of sp³-hybridized carbons (Fsp3) is 0.143. The van der Waals surface area contributed by atoms with Gasteiger partial charge in [-0.15, -0.1) is 13.2 Å². The molecule has 0 saturated heterocycles. The van der Waals surface area contributed by atoms with Crippen LogP contribution in [0.5, 0.6) is 23.0 Å². The molecule has 0 spiro atoms. The summed E-state index contributed by atoms with van der Waals surface area (Å²) < 4.78 is 50.6. The lowest BCUT2D eigenvalue weighted by Crippen LogP contribution is -2.16. The first-order valence-corrected chi connectivity index (χ1v) is 5.64. The van der Waals surface area contributed by atoms with Gasteiger partial charge in [-0.1, -0.05) is 6.07 Å². The third kappa shape index (κ3) is 4.08. The first-order chi connectivity index (χ1) is 9.46. The number of alkyl halides is 3. The summed E-state index contributed by atoms with van der Waals surface area (Å²) in [6.45, 7) is 0. The van der Waals surface area contributed by atoms with E-state index in [2.05, 4.69) is 4.74 Å². The van der Waals surface area contributed by atoms with Crippen LogP contribution in [0.1, 0.15) is 0 Å². The normalized spacial score (nSPS) is 11.0. The molecule has 0 unspecified atom stereocenters. The molecule has 0 N–H and O–H groups in total. The standard InChI is InChI=1S/C14H11F3O3/c1-18-10-5-7-11(8-6-10)19-12-3-2-4-13(9-12)20-14(15,16)17/h2-9H,1H3. The third-order valence-electron chi connectivity index (χ3n) is 2.33. The van der Waals surface area contributed by atoms with E-state index >= 15 is 0 Å². The van der Waals surface area contributed by atoms with E-state index in [1.807, 2.05) is 0 Å². The quantitative estimate of drug-likeness (QED) is 0.833. The summed E-state index contributed by atoms with van der Waals surface area (Å²) in [7, 11) is 1.54. The minimum atomic E-state index is -4.72. The molecule has 20 heavy (non-hydrogen) atoms. The van der Waals surface area contributed by atoms with Crippen LogP contribution in [-0.2, 0) is 0 Å². The number of halogens is 3. The van der Waals surface area contributed by atoms with Crippen LogP contribution in [0.2, 0.25) is 0 Å². The zero-order valence-electron chi connectivity index (χ0n) is 10.5. The summed E-state index contributed by atoms with van der Waals surface area (Å²) in [6, 6.07) is 12.0. The summed E-state index contributed by atoms with van der Waals surface area (Å²) in [5.41, 5.74) is 0. The van der Waals surface area contributed by atoms with Crippen molar-refractivity contribution in [1.29, 1.82) is 0 Å². The van der Waals surface area contributed by atoms with Gasteiger partial charge in [0.2, 0.25) is 0 Å². The molecule has 0 fully saturated rings. The number of ether oxygens (including phenoxy) is 3. The minimum absolute atomic E-state index is 0.247. The Balaban J connectivity index is 2.10. The first-order valence-electron chi connectivity index (χ1n) is 5.64. The molecule has 0 radical (unpaired) electrons. The van der Waals surface area contributed by atoms with Gasteiger partial charge in [0.1, 0.15) is 23.0 Å². The van der Waals surface area contributed by atoms with Crippen molar-refractivity contribution in [3.05, 3.63) is 48.5 Å². The fourth-order valence-corrected chi connectivity index (χ4v) is 1.51. The smallest absolute Gasteiger partial charge is 0.497 e. The second-order valence-electron chi connectivity index (χ2n) is 3.80. The average molecular weight is 284 g/mol. The Kier molecular flexibility index (Phi) is 4.02. The number of hydrogen-bond acceptors (Lipinski definition) is 3. The summed E-state index contributed by atoms with van der Waals surface area (Å²) in [6.07, 6.45) is -4.72. The van der Waals surface area contributed by atoms with Crippen molar-refractivity contribution < 1.29 is 27.4 Å². The average Bonchev–Trinajstić information content (AvgIpc) is 2.38. The second kappa shape index (κ2) is 5.73. The summed E-state index contributed by atoms with van der Waals surface area (Å²) in [5, 5.41) is 0. The highest BCUT2D eigenvalue weighted by atomic mass is 19.4. The maximum absolute atomic E-state index is 12.1. The van der Waals surface area contributed by atoms with Crippen molar-refractivity contribution in [2.45, 2.75) is 6.36 Å². The summed E-state index contributed by atoms with van der Waals surface area (Å²) >= 11 is 0. The highest BCUT2D eigenvalue weighted by Crippen LogP contribution is 2.29. The predicted molar refractivity (Wildman–Crippen MR) is 66.2 cm³/mol. The first kappa shape index (κ1) is 14.0. The molecule has 3 nitrogen and oxygen atoms in total. The molecule has 2 aromatic carbocycles. The molecule has 0 aliphatic rings. The molecule has 0 amide bonds. The molecular weight excluding hydrogens is 273 g/mol. The van der Waals surface area contributed by atoms with Gasteiger partial charge >= 0.3 is 6.36 Å². The van der Waals surface area contributed by atoms with E-state index in [1.54, 1.807) is 24.3 Å². The largest absolute Gasteiger partial charge is 0.573 e. The fourth-order valence-electron chi connectivity index (χ4n) is 1.51. The van der Waals surface area contributed by atoms with Gasteiger partial charge in [-0.05, 0) is 36.4 Å². The zero-order valence-corrected chi connectivity index (χ0v) is 10.5. The second-order valence-corrected chi connectivity index (χ2v) is 3.80. The Morgan fingerprint density at radius 1 is 0.800 bits per heavy atom. The van der Waals surface area contributed by atoms with E-state index in [-0.39, 0.29) is 11.5 Å². The Labute approximate surface area is 113 Å². The van der Waals surface area contributed by atoms with Gasteiger partial charge in [-0.3, -0.25) is 0 Å². The topological polar surface area (TPSA) is 27.7 Å². The van der Waals surface area contributed by atoms with Gasteiger partial charge in [0.05, 0.1) is 7.11 Å². The van der Waals surface area contributed by atoms with Gasteiger partial charge in [-0.2, -0.15) is 0 Å². The molecular formula is C14H11F3O3. The molecule has 0 bridgehead atoms. The maximum atomic E-state index is 12.1. The summed E-state index contributed by atoms with van der Waals surface area (Å²) in [5.74, 6) is 1.06. The molecule has 106 valence electrons. The molecule has 0 heterocycles. The van der Waals surface area contributed by atoms with Crippen LogP contribution in [0.25, 0.3) is 0 Å². The molecule has 6 heteroatoms. The Morgan fingerprint density at radius 3 is 2.00 bits per heavy atom. The van der Waals surface area contributed by atoms with Gasteiger partial charge in [-0.25, -0.2) is 0 Å². The molecule has 0 aromatic heterocycles. The predicted octanol–water partition coefficient (Wildman–Crippen LogP) is 4.39. The molecule has 0 saturated carbocycles. The molecule has 2 aromatic rings. The van der Waals surface area contributed by atoms with E-state index in [4.69, 9.17) is 9.47 Å².